The second-order valence-corrected chi connectivity index (χ2v) is 6.89. The SMILES string of the molecule is O=c1[nH]c(CN2CCc3sccc3C2)nc2ccsc12. The molecule has 20 heavy (non-hydrogen) atoms. The molecular weight excluding hydrogens is 290 g/mol. The lowest BCUT2D eigenvalue weighted by atomic mass is 10.1. The first-order valence-corrected chi connectivity index (χ1v) is 8.29. The fraction of sp³-hybridized carbons (Fsp3) is 0.286. The Morgan fingerprint density at radius 1 is 1.30 bits per heavy atom. The van der Waals surface area contributed by atoms with Crippen LogP contribution < -0.4 is 5.56 Å². The van der Waals surface area contributed by atoms with E-state index >= 15 is 0 Å². The van der Waals surface area contributed by atoms with E-state index in [4.69, 9.17) is 0 Å². The molecular formula is C14H13N3OS2. The lowest BCUT2D eigenvalue weighted by molar-refractivity contribution is 0.241. The van der Waals surface area contributed by atoms with Gasteiger partial charge < -0.3 is 4.98 Å². The largest absolute Gasteiger partial charge is 0.308 e. The fourth-order valence-corrected chi connectivity index (χ4v) is 4.27. The number of hydrogen-bond acceptors (Lipinski definition) is 5. The first-order chi connectivity index (χ1) is 9.79. The molecule has 3 aromatic heterocycles. The van der Waals surface area contributed by atoms with Gasteiger partial charge in [-0.25, -0.2) is 4.98 Å². The van der Waals surface area contributed by atoms with Crippen molar-refractivity contribution in [3.63, 3.8) is 0 Å². The Kier molecular flexibility index (Phi) is 2.94. The van der Waals surface area contributed by atoms with E-state index in [0.29, 0.717) is 11.2 Å². The van der Waals surface area contributed by atoms with Crippen molar-refractivity contribution in [3.8, 4) is 0 Å². The van der Waals surface area contributed by atoms with Gasteiger partial charge in [0.05, 0.1) is 12.1 Å². The highest BCUT2D eigenvalue weighted by Gasteiger charge is 2.18. The lowest BCUT2D eigenvalue weighted by Gasteiger charge is -2.26. The smallest absolute Gasteiger partial charge is 0.268 e. The highest BCUT2D eigenvalue weighted by atomic mass is 32.1. The summed E-state index contributed by atoms with van der Waals surface area (Å²) in [6.45, 7) is 2.68. The number of aromatic amines is 1. The third-order valence-electron chi connectivity index (χ3n) is 3.62. The summed E-state index contributed by atoms with van der Waals surface area (Å²) in [6, 6.07) is 4.11. The van der Waals surface area contributed by atoms with Gasteiger partial charge in [-0.15, -0.1) is 22.7 Å². The standard InChI is InChI=1S/C14H13N3OS2/c18-14-13-10(3-6-20-13)15-12(16-14)8-17-4-1-11-9(7-17)2-5-19-11/h2-3,5-6H,1,4,7-8H2,(H,15,16,18). The molecule has 0 atom stereocenters. The number of rotatable bonds is 2. The molecule has 0 saturated heterocycles. The predicted octanol–water partition coefficient (Wildman–Crippen LogP) is 2.60. The molecule has 4 rings (SSSR count). The Balaban J connectivity index is 1.60. The minimum atomic E-state index is -0.0202. The monoisotopic (exact) mass is 303 g/mol. The summed E-state index contributed by atoms with van der Waals surface area (Å²) in [5.74, 6) is 0.763. The number of aromatic nitrogens is 2. The van der Waals surface area contributed by atoms with Gasteiger partial charge in [0, 0.05) is 18.0 Å². The summed E-state index contributed by atoms with van der Waals surface area (Å²) in [7, 11) is 0. The van der Waals surface area contributed by atoms with Gasteiger partial charge in [0.2, 0.25) is 0 Å². The van der Waals surface area contributed by atoms with Crippen LogP contribution in [-0.4, -0.2) is 21.4 Å². The van der Waals surface area contributed by atoms with Crippen molar-refractivity contribution in [3.05, 3.63) is 49.5 Å². The van der Waals surface area contributed by atoms with Crippen LogP contribution in [0.5, 0.6) is 0 Å². The predicted molar refractivity (Wildman–Crippen MR) is 82.4 cm³/mol. The van der Waals surface area contributed by atoms with Crippen LogP contribution in [-0.2, 0) is 19.5 Å². The summed E-state index contributed by atoms with van der Waals surface area (Å²) in [5.41, 5.74) is 2.20. The molecule has 0 unspecified atom stereocenters. The number of fused-ring (bicyclic) bond motifs is 2. The number of thiophene rings is 2. The minimum Gasteiger partial charge on any atom is -0.308 e. The maximum atomic E-state index is 12.0. The van der Waals surface area contributed by atoms with Crippen LogP contribution in [0.2, 0.25) is 0 Å². The van der Waals surface area contributed by atoms with Crippen molar-refractivity contribution >= 4 is 32.9 Å². The maximum Gasteiger partial charge on any atom is 0.268 e. The first-order valence-electron chi connectivity index (χ1n) is 6.53. The van der Waals surface area contributed by atoms with E-state index in [1.165, 1.54) is 21.8 Å². The van der Waals surface area contributed by atoms with E-state index in [1.807, 2.05) is 22.8 Å². The van der Waals surface area contributed by atoms with E-state index in [1.54, 1.807) is 0 Å². The van der Waals surface area contributed by atoms with Crippen LogP contribution in [0.1, 0.15) is 16.3 Å². The summed E-state index contributed by atoms with van der Waals surface area (Å²) < 4.78 is 0.715. The van der Waals surface area contributed by atoms with Crippen molar-refractivity contribution in [1.29, 1.82) is 0 Å². The molecule has 6 heteroatoms. The molecule has 102 valence electrons. The Morgan fingerprint density at radius 2 is 2.20 bits per heavy atom. The van der Waals surface area contributed by atoms with Crippen LogP contribution in [0, 0.1) is 0 Å². The van der Waals surface area contributed by atoms with Crippen molar-refractivity contribution in [1.82, 2.24) is 14.9 Å². The molecule has 0 spiro atoms. The van der Waals surface area contributed by atoms with E-state index < -0.39 is 0 Å². The number of nitrogens with one attached hydrogen (secondary N) is 1. The summed E-state index contributed by atoms with van der Waals surface area (Å²) >= 11 is 3.28. The topological polar surface area (TPSA) is 49.0 Å². The molecule has 0 radical (unpaired) electrons. The van der Waals surface area contributed by atoms with Gasteiger partial charge in [-0.2, -0.15) is 0 Å². The summed E-state index contributed by atoms with van der Waals surface area (Å²) in [6.07, 6.45) is 1.10. The molecule has 0 amide bonds. The molecule has 1 aliphatic rings. The van der Waals surface area contributed by atoms with Crippen LogP contribution in [0.4, 0.5) is 0 Å². The molecule has 4 heterocycles. The van der Waals surface area contributed by atoms with E-state index in [2.05, 4.69) is 26.3 Å². The maximum absolute atomic E-state index is 12.0. The minimum absolute atomic E-state index is 0.0202. The zero-order valence-corrected chi connectivity index (χ0v) is 12.4. The van der Waals surface area contributed by atoms with Gasteiger partial charge in [0.25, 0.3) is 5.56 Å². The molecule has 1 N–H and O–H groups in total. The van der Waals surface area contributed by atoms with Crippen LogP contribution in [0.15, 0.2) is 27.7 Å². The second kappa shape index (κ2) is 4.80. The molecule has 0 aromatic carbocycles. The number of nitrogens with zero attached hydrogens (tertiary/aromatic N) is 2. The Labute approximate surface area is 123 Å². The van der Waals surface area contributed by atoms with Crippen molar-refractivity contribution in [2.45, 2.75) is 19.5 Å². The first kappa shape index (κ1) is 12.3. The normalized spacial score (nSPS) is 15.6. The van der Waals surface area contributed by atoms with Crippen LogP contribution in [0.25, 0.3) is 10.2 Å². The molecule has 1 aliphatic heterocycles. The molecule has 4 nitrogen and oxygen atoms in total. The summed E-state index contributed by atoms with van der Waals surface area (Å²) in [4.78, 5) is 23.2. The van der Waals surface area contributed by atoms with Gasteiger partial charge in [-0.05, 0) is 34.9 Å². The molecule has 0 fully saturated rings. The molecule has 3 aromatic rings. The molecule has 0 bridgehead atoms. The van der Waals surface area contributed by atoms with Gasteiger partial charge in [0.15, 0.2) is 0 Å². The highest BCUT2D eigenvalue weighted by Crippen LogP contribution is 2.24. The Hall–Kier alpha value is -1.50. The van der Waals surface area contributed by atoms with Crippen LogP contribution >= 0.6 is 22.7 Å². The van der Waals surface area contributed by atoms with Crippen molar-refractivity contribution in [2.24, 2.45) is 0 Å². The average Bonchev–Trinajstić information content (AvgIpc) is 3.06. The lowest BCUT2D eigenvalue weighted by Crippen LogP contribution is -2.30. The van der Waals surface area contributed by atoms with Gasteiger partial charge in [-0.1, -0.05) is 0 Å². The third-order valence-corrected chi connectivity index (χ3v) is 5.55. The Bertz CT molecular complexity index is 817. The van der Waals surface area contributed by atoms with E-state index in [9.17, 15) is 4.79 Å². The molecule has 0 saturated carbocycles. The van der Waals surface area contributed by atoms with Gasteiger partial charge in [-0.3, -0.25) is 9.69 Å². The van der Waals surface area contributed by atoms with E-state index in [0.717, 1.165) is 30.9 Å². The van der Waals surface area contributed by atoms with E-state index in [-0.39, 0.29) is 5.56 Å². The quantitative estimate of drug-likeness (QED) is 0.791. The number of hydrogen-bond donors (Lipinski definition) is 1. The Morgan fingerprint density at radius 3 is 3.15 bits per heavy atom. The average molecular weight is 303 g/mol. The zero-order valence-electron chi connectivity index (χ0n) is 10.8. The van der Waals surface area contributed by atoms with Crippen LogP contribution in [0.3, 0.4) is 0 Å². The fourth-order valence-electron chi connectivity index (χ4n) is 2.65. The van der Waals surface area contributed by atoms with Crippen molar-refractivity contribution in [2.75, 3.05) is 6.54 Å². The summed E-state index contributed by atoms with van der Waals surface area (Å²) in [5, 5.41) is 4.07. The molecule has 0 aliphatic carbocycles. The van der Waals surface area contributed by atoms with Gasteiger partial charge >= 0.3 is 0 Å². The van der Waals surface area contributed by atoms with Gasteiger partial charge in [0.1, 0.15) is 10.5 Å². The highest BCUT2D eigenvalue weighted by molar-refractivity contribution is 7.17. The third kappa shape index (κ3) is 2.09. The second-order valence-electron chi connectivity index (χ2n) is 4.98. The number of H-pyrrole nitrogens is 1. The van der Waals surface area contributed by atoms with Crippen molar-refractivity contribution < 1.29 is 0 Å². The zero-order chi connectivity index (χ0) is 13.5.